The van der Waals surface area contributed by atoms with E-state index in [4.69, 9.17) is 9.29 Å². The zero-order chi connectivity index (χ0) is 21.9. The minimum atomic E-state index is -5.91. The molecule has 3 N–H and O–H groups in total. The Morgan fingerprint density at radius 2 is 1.43 bits per heavy atom. The third kappa shape index (κ3) is 3.57. The average Bonchev–Trinajstić information content (AvgIpc) is 3.22. The second-order valence-corrected chi connectivity index (χ2v) is 11.3. The summed E-state index contributed by atoms with van der Waals surface area (Å²) in [6, 6.07) is 0. The van der Waals surface area contributed by atoms with Gasteiger partial charge in [-0.05, 0) is 81.5 Å². The molecule has 10 heteroatoms. The number of esters is 1. The lowest BCUT2D eigenvalue weighted by Gasteiger charge is -2.51. The summed E-state index contributed by atoms with van der Waals surface area (Å²) in [5, 5.41) is 17.6. The molecule has 4 fully saturated rings. The Hall–Kier alpha value is -0.840. The predicted octanol–water partition coefficient (Wildman–Crippen LogP) is 2.65. The van der Waals surface area contributed by atoms with Crippen molar-refractivity contribution in [1.29, 1.82) is 0 Å². The molecule has 7 nitrogen and oxygen atoms in total. The van der Waals surface area contributed by atoms with Crippen molar-refractivity contribution in [3.05, 3.63) is 0 Å². The van der Waals surface area contributed by atoms with Gasteiger partial charge in [0.1, 0.15) is 6.10 Å². The Morgan fingerprint density at radius 1 is 0.900 bits per heavy atom. The van der Waals surface area contributed by atoms with Gasteiger partial charge in [-0.15, -0.1) is 0 Å². The molecule has 0 spiro atoms. The summed E-state index contributed by atoms with van der Waals surface area (Å²) >= 11 is 0. The van der Waals surface area contributed by atoms with Gasteiger partial charge >= 0.3 is 21.3 Å². The minimum Gasteiger partial charge on any atom is -0.457 e. The molecule has 30 heavy (non-hydrogen) atoms. The van der Waals surface area contributed by atoms with Crippen molar-refractivity contribution in [3.8, 4) is 0 Å². The molecule has 0 aromatic heterocycles. The van der Waals surface area contributed by atoms with Crippen LogP contribution in [0.3, 0.4) is 0 Å². The van der Waals surface area contributed by atoms with Crippen LogP contribution in [-0.4, -0.2) is 51.7 Å². The van der Waals surface area contributed by atoms with Crippen molar-refractivity contribution in [2.75, 3.05) is 0 Å². The first kappa shape index (κ1) is 22.4. The highest BCUT2D eigenvalue weighted by molar-refractivity contribution is 7.87. The van der Waals surface area contributed by atoms with Crippen LogP contribution >= 0.6 is 0 Å². The summed E-state index contributed by atoms with van der Waals surface area (Å²) in [7, 11) is -5.91. The van der Waals surface area contributed by atoms with Crippen molar-refractivity contribution < 1.29 is 41.5 Å². The number of alkyl halides is 2. The summed E-state index contributed by atoms with van der Waals surface area (Å²) in [4.78, 5) is 11.8. The molecule has 172 valence electrons. The summed E-state index contributed by atoms with van der Waals surface area (Å²) in [6.45, 7) is 0. The van der Waals surface area contributed by atoms with Crippen molar-refractivity contribution in [1.82, 2.24) is 0 Å². The quantitative estimate of drug-likeness (QED) is 0.445. The first-order chi connectivity index (χ1) is 13.9. The van der Waals surface area contributed by atoms with Crippen molar-refractivity contribution in [2.45, 2.75) is 93.2 Å². The highest BCUT2D eigenvalue weighted by atomic mass is 32.2. The summed E-state index contributed by atoms with van der Waals surface area (Å²) in [5.74, 6) is -2.25. The van der Waals surface area contributed by atoms with Gasteiger partial charge in [-0.25, -0.2) is 4.79 Å². The summed E-state index contributed by atoms with van der Waals surface area (Å²) in [6.07, 6.45) is 6.00. The molecular formula is C20H30F2O7S. The van der Waals surface area contributed by atoms with Crippen LogP contribution in [0.25, 0.3) is 0 Å². The SMILES string of the molecule is O=C(OC1CCC2C(C1)C1CCCC1(O)CCC1(O)CCCC21)C(F)(F)S(=O)(=O)O. The molecule has 0 heterocycles. The maximum Gasteiger partial charge on any atom is 0.465 e. The number of hydrogen-bond donors (Lipinski definition) is 3. The van der Waals surface area contributed by atoms with Crippen LogP contribution in [0, 0.1) is 23.7 Å². The number of ether oxygens (including phenoxy) is 1. The number of carbonyl (C=O) groups is 1. The topological polar surface area (TPSA) is 121 Å². The molecule has 4 rings (SSSR count). The van der Waals surface area contributed by atoms with E-state index in [0.717, 1.165) is 25.7 Å². The number of aliphatic hydroxyl groups is 2. The fourth-order valence-electron chi connectivity index (χ4n) is 7.03. The normalized spacial score (nSPS) is 44.4. The number of fused-ring (bicyclic) bond motifs is 5. The monoisotopic (exact) mass is 452 g/mol. The molecule has 4 aliphatic carbocycles. The van der Waals surface area contributed by atoms with Gasteiger partial charge in [0.15, 0.2) is 0 Å². The van der Waals surface area contributed by atoms with Gasteiger partial charge in [-0.1, -0.05) is 12.8 Å². The highest BCUT2D eigenvalue weighted by Gasteiger charge is 2.59. The second-order valence-electron chi connectivity index (χ2n) is 9.86. The first-order valence-corrected chi connectivity index (χ1v) is 12.3. The molecule has 7 atom stereocenters. The molecule has 4 saturated carbocycles. The minimum absolute atomic E-state index is 0.0590. The Labute approximate surface area is 174 Å². The average molecular weight is 453 g/mol. The van der Waals surface area contributed by atoms with E-state index < -0.39 is 38.6 Å². The summed E-state index contributed by atoms with van der Waals surface area (Å²) in [5.41, 5.74) is -1.75. The van der Waals surface area contributed by atoms with Crippen molar-refractivity contribution in [2.24, 2.45) is 23.7 Å². The molecule has 0 aromatic carbocycles. The lowest BCUT2D eigenvalue weighted by molar-refractivity contribution is -0.176. The molecular weight excluding hydrogens is 422 g/mol. The standard InChI is InChI=1S/C20H30F2O7S/c21-20(22,30(26,27)28)17(23)29-12-5-6-13-14(11-12)16-4-2-8-19(16,25)10-9-18(24)7-1-3-15(13)18/h12-16,24-25H,1-11H2,(H,26,27,28). The third-order valence-corrected chi connectivity index (χ3v) is 9.21. The first-order valence-electron chi connectivity index (χ1n) is 10.9. The van der Waals surface area contributed by atoms with E-state index in [9.17, 15) is 32.2 Å². The van der Waals surface area contributed by atoms with Gasteiger partial charge < -0.3 is 14.9 Å². The zero-order valence-corrected chi connectivity index (χ0v) is 17.6. The second kappa shape index (κ2) is 7.35. The fourth-order valence-corrected chi connectivity index (χ4v) is 7.29. The van der Waals surface area contributed by atoms with Gasteiger partial charge in [-0.3, -0.25) is 4.55 Å². The van der Waals surface area contributed by atoms with E-state index in [1.54, 1.807) is 0 Å². The van der Waals surface area contributed by atoms with Crippen LogP contribution in [0.15, 0.2) is 0 Å². The molecule has 4 aliphatic rings. The van der Waals surface area contributed by atoms with E-state index in [0.29, 0.717) is 32.1 Å². The lowest BCUT2D eigenvalue weighted by atomic mass is 9.57. The largest absolute Gasteiger partial charge is 0.465 e. The Balaban J connectivity index is 1.57. The molecule has 0 radical (unpaired) electrons. The van der Waals surface area contributed by atoms with Gasteiger partial charge in [-0.2, -0.15) is 17.2 Å². The zero-order valence-electron chi connectivity index (χ0n) is 16.8. The van der Waals surface area contributed by atoms with E-state index in [2.05, 4.69) is 0 Å². The molecule has 0 bridgehead atoms. The van der Waals surface area contributed by atoms with E-state index in [1.807, 2.05) is 0 Å². The van der Waals surface area contributed by atoms with Crippen LogP contribution in [-0.2, 0) is 19.6 Å². The molecule has 0 aromatic rings. The van der Waals surface area contributed by atoms with Gasteiger partial charge in [0.05, 0.1) is 11.2 Å². The predicted molar refractivity (Wildman–Crippen MR) is 101 cm³/mol. The van der Waals surface area contributed by atoms with Crippen molar-refractivity contribution in [3.63, 3.8) is 0 Å². The number of carbonyl (C=O) groups excluding carboxylic acids is 1. The Kier molecular flexibility index (Phi) is 5.48. The van der Waals surface area contributed by atoms with E-state index in [1.165, 1.54) is 0 Å². The molecule has 0 saturated heterocycles. The van der Waals surface area contributed by atoms with Crippen molar-refractivity contribution >= 4 is 16.1 Å². The van der Waals surface area contributed by atoms with E-state index in [-0.39, 0.29) is 36.5 Å². The number of rotatable bonds is 3. The van der Waals surface area contributed by atoms with Gasteiger partial charge in [0.2, 0.25) is 0 Å². The van der Waals surface area contributed by atoms with Gasteiger partial charge in [0.25, 0.3) is 0 Å². The molecule has 0 amide bonds. The Bertz CT molecular complexity index is 803. The van der Waals surface area contributed by atoms with Gasteiger partial charge in [0, 0.05) is 0 Å². The smallest absolute Gasteiger partial charge is 0.457 e. The molecule has 0 aliphatic heterocycles. The maximum absolute atomic E-state index is 13.6. The third-order valence-electron chi connectivity index (χ3n) is 8.40. The summed E-state index contributed by atoms with van der Waals surface area (Å²) < 4.78 is 62.5. The lowest BCUT2D eigenvalue weighted by Crippen LogP contribution is -2.53. The molecule has 7 unspecified atom stereocenters. The number of hydrogen-bond acceptors (Lipinski definition) is 6. The van der Waals surface area contributed by atoms with Crippen LogP contribution in [0.1, 0.15) is 70.6 Å². The Morgan fingerprint density at radius 3 is 1.97 bits per heavy atom. The maximum atomic E-state index is 13.6. The highest BCUT2D eigenvalue weighted by Crippen LogP contribution is 2.58. The van der Waals surface area contributed by atoms with E-state index >= 15 is 0 Å². The number of halogens is 2. The van der Waals surface area contributed by atoms with Crippen LogP contribution < -0.4 is 0 Å². The van der Waals surface area contributed by atoms with Crippen LogP contribution in [0.4, 0.5) is 8.78 Å². The van der Waals surface area contributed by atoms with Crippen LogP contribution in [0.2, 0.25) is 0 Å². The van der Waals surface area contributed by atoms with Crippen LogP contribution in [0.5, 0.6) is 0 Å². The fraction of sp³-hybridized carbons (Fsp3) is 0.950.